The Morgan fingerprint density at radius 1 is 1.56 bits per heavy atom. The van der Waals surface area contributed by atoms with Crippen molar-refractivity contribution in [2.45, 2.75) is 25.9 Å². The number of ether oxygens (including phenoxy) is 1. The maximum Gasteiger partial charge on any atom is 0.322 e. The highest BCUT2D eigenvalue weighted by atomic mass is 16.5. The number of nitrogens with two attached hydrogens (primary N) is 1. The van der Waals surface area contributed by atoms with Crippen LogP contribution in [0.1, 0.15) is 24.1 Å². The minimum atomic E-state index is -1.03. The van der Waals surface area contributed by atoms with E-state index in [4.69, 9.17) is 15.6 Å². The van der Waals surface area contributed by atoms with Crippen molar-refractivity contribution in [3.05, 3.63) is 29.3 Å². The molecule has 0 aliphatic carbocycles. The second-order valence-electron chi connectivity index (χ2n) is 4.09. The molecule has 0 spiro atoms. The molecule has 5 heteroatoms. The van der Waals surface area contributed by atoms with E-state index in [1.807, 2.05) is 32.0 Å². The van der Waals surface area contributed by atoms with Crippen LogP contribution >= 0.6 is 0 Å². The van der Waals surface area contributed by atoms with Crippen LogP contribution in [0.5, 0.6) is 5.75 Å². The Hall–Kier alpha value is -1.59. The lowest BCUT2D eigenvalue weighted by Crippen LogP contribution is -2.42. The van der Waals surface area contributed by atoms with E-state index in [9.17, 15) is 4.79 Å². The lowest BCUT2D eigenvalue weighted by atomic mass is 9.98. The Labute approximate surface area is 107 Å². The smallest absolute Gasteiger partial charge is 0.322 e. The van der Waals surface area contributed by atoms with E-state index < -0.39 is 18.1 Å². The zero-order valence-electron chi connectivity index (χ0n) is 10.9. The van der Waals surface area contributed by atoms with Gasteiger partial charge >= 0.3 is 5.97 Å². The molecule has 0 aliphatic rings. The Morgan fingerprint density at radius 3 is 2.67 bits per heavy atom. The van der Waals surface area contributed by atoms with Crippen LogP contribution in [-0.4, -0.2) is 30.8 Å². The van der Waals surface area contributed by atoms with Gasteiger partial charge in [0.2, 0.25) is 0 Å². The third-order valence-electron chi connectivity index (χ3n) is 2.81. The molecule has 1 aromatic rings. The first-order chi connectivity index (χ1) is 8.51. The predicted octanol–water partition coefficient (Wildman–Crippen LogP) is 1.07. The Balaban J connectivity index is 3.01. The summed E-state index contributed by atoms with van der Waals surface area (Å²) in [5.41, 5.74) is 7.46. The van der Waals surface area contributed by atoms with E-state index in [1.54, 1.807) is 7.05 Å². The summed E-state index contributed by atoms with van der Waals surface area (Å²) >= 11 is 0. The maximum atomic E-state index is 10.9. The van der Waals surface area contributed by atoms with Crippen molar-refractivity contribution in [1.82, 2.24) is 5.32 Å². The fraction of sp³-hybridized carbons (Fsp3) is 0.462. The number of carboxylic acid groups (broad SMARTS) is 1. The summed E-state index contributed by atoms with van der Waals surface area (Å²) in [7, 11) is 1.69. The molecule has 4 N–H and O–H groups in total. The minimum Gasteiger partial charge on any atom is -0.494 e. The van der Waals surface area contributed by atoms with Gasteiger partial charge in [0.1, 0.15) is 11.8 Å². The molecule has 0 aromatic heterocycles. The predicted molar refractivity (Wildman–Crippen MR) is 69.8 cm³/mol. The summed E-state index contributed by atoms with van der Waals surface area (Å²) < 4.78 is 5.44. The Kier molecular flexibility index (Phi) is 5.12. The van der Waals surface area contributed by atoms with Gasteiger partial charge in [-0.3, -0.25) is 4.79 Å². The average Bonchev–Trinajstić information content (AvgIpc) is 2.33. The van der Waals surface area contributed by atoms with Gasteiger partial charge in [-0.15, -0.1) is 0 Å². The second-order valence-corrected chi connectivity index (χ2v) is 4.09. The van der Waals surface area contributed by atoms with Crippen LogP contribution in [0.4, 0.5) is 0 Å². The summed E-state index contributed by atoms with van der Waals surface area (Å²) in [6.07, 6.45) is 0. The third kappa shape index (κ3) is 3.21. The maximum absolute atomic E-state index is 10.9. The number of benzene rings is 1. The van der Waals surface area contributed by atoms with Crippen LogP contribution in [0.2, 0.25) is 0 Å². The average molecular weight is 252 g/mol. The van der Waals surface area contributed by atoms with E-state index in [0.717, 1.165) is 16.9 Å². The van der Waals surface area contributed by atoms with Crippen LogP contribution < -0.4 is 15.8 Å². The molecule has 0 fully saturated rings. The van der Waals surface area contributed by atoms with Crippen LogP contribution in [0.3, 0.4) is 0 Å². The molecule has 0 saturated heterocycles. The van der Waals surface area contributed by atoms with E-state index in [-0.39, 0.29) is 0 Å². The summed E-state index contributed by atoms with van der Waals surface area (Å²) in [6.45, 7) is 4.45. The summed E-state index contributed by atoms with van der Waals surface area (Å²) in [5.74, 6) is -0.221. The van der Waals surface area contributed by atoms with Crippen molar-refractivity contribution in [3.63, 3.8) is 0 Å². The summed E-state index contributed by atoms with van der Waals surface area (Å²) in [5, 5.41) is 11.9. The highest BCUT2D eigenvalue weighted by Gasteiger charge is 2.24. The molecule has 0 aliphatic heterocycles. The van der Waals surface area contributed by atoms with Crippen molar-refractivity contribution in [2.24, 2.45) is 5.73 Å². The van der Waals surface area contributed by atoms with Gasteiger partial charge in [-0.2, -0.15) is 0 Å². The molecule has 2 atom stereocenters. The molecule has 0 bridgehead atoms. The Bertz CT molecular complexity index is 421. The van der Waals surface area contributed by atoms with Gasteiger partial charge < -0.3 is 20.9 Å². The summed E-state index contributed by atoms with van der Waals surface area (Å²) in [6, 6.07) is 4.17. The number of likely N-dealkylation sites (N-methyl/N-ethyl adjacent to an activating group) is 1. The number of hydrogen-bond donors (Lipinski definition) is 3. The topological polar surface area (TPSA) is 84.6 Å². The fourth-order valence-corrected chi connectivity index (χ4v) is 1.88. The van der Waals surface area contributed by atoms with Crippen LogP contribution in [0, 0.1) is 6.92 Å². The molecule has 0 heterocycles. The highest BCUT2D eigenvalue weighted by Crippen LogP contribution is 2.24. The molecular formula is C13H20N2O3. The van der Waals surface area contributed by atoms with E-state index in [2.05, 4.69) is 5.32 Å². The number of aliphatic carboxylic acids is 1. The lowest BCUT2D eigenvalue weighted by Gasteiger charge is -2.21. The first-order valence-electron chi connectivity index (χ1n) is 5.90. The lowest BCUT2D eigenvalue weighted by molar-refractivity contribution is -0.139. The van der Waals surface area contributed by atoms with Crippen molar-refractivity contribution >= 4 is 5.97 Å². The molecule has 0 saturated carbocycles. The van der Waals surface area contributed by atoms with Crippen LogP contribution in [0.15, 0.2) is 18.2 Å². The van der Waals surface area contributed by atoms with Gasteiger partial charge in [0.05, 0.1) is 12.6 Å². The third-order valence-corrected chi connectivity index (χ3v) is 2.81. The van der Waals surface area contributed by atoms with Crippen LogP contribution in [0.25, 0.3) is 0 Å². The van der Waals surface area contributed by atoms with Gasteiger partial charge in [0, 0.05) is 0 Å². The molecule has 100 valence electrons. The summed E-state index contributed by atoms with van der Waals surface area (Å²) in [4.78, 5) is 10.9. The number of hydrogen-bond acceptors (Lipinski definition) is 4. The number of nitrogens with one attached hydrogen (secondary N) is 1. The van der Waals surface area contributed by atoms with Crippen molar-refractivity contribution < 1.29 is 14.6 Å². The van der Waals surface area contributed by atoms with Crippen molar-refractivity contribution in [2.75, 3.05) is 13.7 Å². The highest BCUT2D eigenvalue weighted by molar-refractivity contribution is 5.74. The van der Waals surface area contributed by atoms with Crippen molar-refractivity contribution in [1.29, 1.82) is 0 Å². The van der Waals surface area contributed by atoms with Gasteiger partial charge in [-0.25, -0.2) is 0 Å². The van der Waals surface area contributed by atoms with Crippen LogP contribution in [-0.2, 0) is 4.79 Å². The zero-order chi connectivity index (χ0) is 13.7. The van der Waals surface area contributed by atoms with Gasteiger partial charge in [0.25, 0.3) is 0 Å². The molecule has 0 amide bonds. The number of rotatable bonds is 6. The second kappa shape index (κ2) is 6.37. The van der Waals surface area contributed by atoms with E-state index in [0.29, 0.717) is 6.61 Å². The normalized spacial score (nSPS) is 14.0. The molecule has 1 aromatic carbocycles. The zero-order valence-corrected chi connectivity index (χ0v) is 10.9. The number of aryl methyl sites for hydroxylation is 1. The fourth-order valence-electron chi connectivity index (χ4n) is 1.88. The van der Waals surface area contributed by atoms with Gasteiger partial charge in [-0.05, 0) is 38.1 Å². The standard InChI is InChI=1S/C13H20N2O3/c1-4-18-10-6-5-9(7-8(10)2)12(15-3)11(14)13(16)17/h5-7,11-12,15H,4,14H2,1-3H3,(H,16,17). The first kappa shape index (κ1) is 14.5. The molecule has 18 heavy (non-hydrogen) atoms. The molecule has 1 rings (SSSR count). The number of carboxylic acids is 1. The molecule has 0 radical (unpaired) electrons. The molecule has 2 unspecified atom stereocenters. The quantitative estimate of drug-likeness (QED) is 0.705. The Morgan fingerprint density at radius 2 is 2.22 bits per heavy atom. The molecule has 5 nitrogen and oxygen atoms in total. The van der Waals surface area contributed by atoms with E-state index >= 15 is 0 Å². The van der Waals surface area contributed by atoms with Crippen molar-refractivity contribution in [3.8, 4) is 5.75 Å². The monoisotopic (exact) mass is 252 g/mol. The number of carbonyl (C=O) groups is 1. The molecular weight excluding hydrogens is 232 g/mol. The van der Waals surface area contributed by atoms with E-state index in [1.165, 1.54) is 0 Å². The minimum absolute atomic E-state index is 0.420. The SMILES string of the molecule is CCOc1ccc(C(NC)C(N)C(=O)O)cc1C. The van der Waals surface area contributed by atoms with Gasteiger partial charge in [0.15, 0.2) is 0 Å². The first-order valence-corrected chi connectivity index (χ1v) is 5.90. The largest absolute Gasteiger partial charge is 0.494 e. The van der Waals surface area contributed by atoms with Gasteiger partial charge in [-0.1, -0.05) is 12.1 Å².